The summed E-state index contributed by atoms with van der Waals surface area (Å²) in [6, 6.07) is 7.15. The molecular formula is C16H23N3O2S. The van der Waals surface area contributed by atoms with Crippen molar-refractivity contribution in [1.29, 1.82) is 0 Å². The maximum atomic E-state index is 12.3. The molecule has 6 heteroatoms. The highest BCUT2D eigenvalue weighted by atomic mass is 32.1. The van der Waals surface area contributed by atoms with Crippen LogP contribution in [0.2, 0.25) is 0 Å². The number of nitrogens with one attached hydrogen (secondary N) is 2. The molecule has 2 N–H and O–H groups in total. The van der Waals surface area contributed by atoms with E-state index in [4.69, 9.17) is 17.0 Å². The molecule has 1 aromatic rings. The average Bonchev–Trinajstić information content (AvgIpc) is 2.74. The largest absolute Gasteiger partial charge is 0.494 e. The van der Waals surface area contributed by atoms with Gasteiger partial charge in [0.1, 0.15) is 5.75 Å². The Kier molecular flexibility index (Phi) is 5.24. The summed E-state index contributed by atoms with van der Waals surface area (Å²) < 4.78 is 5.60. The molecule has 0 radical (unpaired) electrons. The van der Waals surface area contributed by atoms with Crippen LogP contribution in [-0.4, -0.2) is 34.7 Å². The van der Waals surface area contributed by atoms with Gasteiger partial charge in [-0.1, -0.05) is 13.3 Å². The summed E-state index contributed by atoms with van der Waals surface area (Å²) in [5.41, 5.74) is 0.533. The van der Waals surface area contributed by atoms with Crippen LogP contribution in [0, 0.1) is 0 Å². The van der Waals surface area contributed by atoms with E-state index >= 15 is 0 Å². The zero-order valence-corrected chi connectivity index (χ0v) is 14.1. The third kappa shape index (κ3) is 4.34. The van der Waals surface area contributed by atoms with Crippen LogP contribution in [0.5, 0.6) is 5.75 Å². The fraction of sp³-hybridized carbons (Fsp3) is 0.500. The van der Waals surface area contributed by atoms with Crippen molar-refractivity contribution in [1.82, 2.24) is 10.2 Å². The van der Waals surface area contributed by atoms with E-state index in [2.05, 4.69) is 17.6 Å². The molecule has 1 aliphatic rings. The van der Waals surface area contributed by atoms with Gasteiger partial charge >= 0.3 is 6.03 Å². The lowest BCUT2D eigenvalue weighted by atomic mass is 10.1. The number of anilines is 1. The predicted molar refractivity (Wildman–Crippen MR) is 92.4 cm³/mol. The number of nitrogens with zero attached hydrogens (tertiary/aromatic N) is 1. The number of urea groups is 1. The molecule has 22 heavy (non-hydrogen) atoms. The number of thiocarbonyl (C=S) groups is 1. The minimum absolute atomic E-state index is 0.189. The molecule has 1 saturated heterocycles. The molecule has 0 bridgehead atoms. The Morgan fingerprint density at radius 1 is 1.41 bits per heavy atom. The Hall–Kier alpha value is -1.82. The van der Waals surface area contributed by atoms with Crippen molar-refractivity contribution in [3.63, 3.8) is 0 Å². The molecule has 0 atom stereocenters. The van der Waals surface area contributed by atoms with E-state index in [0.29, 0.717) is 18.3 Å². The number of carbonyl (C=O) groups excluding carboxylic acids is 1. The van der Waals surface area contributed by atoms with E-state index in [1.165, 1.54) is 0 Å². The summed E-state index contributed by atoms with van der Waals surface area (Å²) in [5, 5.41) is 6.43. The second-order valence-corrected chi connectivity index (χ2v) is 6.44. The lowest BCUT2D eigenvalue weighted by Gasteiger charge is -2.18. The molecule has 1 aliphatic heterocycles. The lowest BCUT2D eigenvalue weighted by molar-refractivity contribution is 0.233. The quantitative estimate of drug-likeness (QED) is 0.645. The molecule has 1 aromatic carbocycles. The number of hydrogen-bond donors (Lipinski definition) is 2. The van der Waals surface area contributed by atoms with Crippen LogP contribution in [0.4, 0.5) is 10.5 Å². The van der Waals surface area contributed by atoms with Gasteiger partial charge in [-0.25, -0.2) is 4.79 Å². The topological polar surface area (TPSA) is 53.6 Å². The summed E-state index contributed by atoms with van der Waals surface area (Å²) in [5.74, 6) is 0.811. The first-order chi connectivity index (χ1) is 10.4. The highest BCUT2D eigenvalue weighted by Crippen LogP contribution is 2.19. The zero-order chi connectivity index (χ0) is 16.2. The van der Waals surface area contributed by atoms with Crippen LogP contribution in [-0.2, 0) is 0 Å². The normalized spacial score (nSPS) is 16.3. The number of ether oxygens (including phenoxy) is 1. The lowest BCUT2D eigenvalue weighted by Crippen LogP contribution is -2.37. The van der Waals surface area contributed by atoms with Gasteiger partial charge in [-0.2, -0.15) is 0 Å². The zero-order valence-electron chi connectivity index (χ0n) is 13.3. The summed E-state index contributed by atoms with van der Waals surface area (Å²) in [6.07, 6.45) is 2.14. The summed E-state index contributed by atoms with van der Waals surface area (Å²) >= 11 is 5.20. The highest BCUT2D eigenvalue weighted by molar-refractivity contribution is 7.80. The SMILES string of the molecule is CCCCOc1ccc(NC(=O)N2CC(C)(C)NC2=S)cc1. The smallest absolute Gasteiger partial charge is 0.328 e. The number of amides is 2. The van der Waals surface area contributed by atoms with Gasteiger partial charge in [0.05, 0.1) is 18.7 Å². The minimum Gasteiger partial charge on any atom is -0.494 e. The molecule has 0 aromatic heterocycles. The van der Waals surface area contributed by atoms with Crippen molar-refractivity contribution in [2.45, 2.75) is 39.2 Å². The second-order valence-electron chi connectivity index (χ2n) is 6.06. The first kappa shape index (κ1) is 16.5. The van der Waals surface area contributed by atoms with E-state index in [-0.39, 0.29) is 11.6 Å². The van der Waals surface area contributed by atoms with Crippen LogP contribution in [0.25, 0.3) is 0 Å². The van der Waals surface area contributed by atoms with E-state index in [1.54, 1.807) is 4.90 Å². The number of hydrogen-bond acceptors (Lipinski definition) is 3. The van der Waals surface area contributed by atoms with Gasteiger partial charge in [0.25, 0.3) is 0 Å². The second kappa shape index (κ2) is 6.96. The minimum atomic E-state index is -0.220. The molecule has 1 heterocycles. The Bertz CT molecular complexity index is 543. The standard InChI is InChI=1S/C16H23N3O2S/c1-4-5-10-21-13-8-6-12(7-9-13)17-14(20)19-11-16(2,3)18-15(19)22/h6-9H,4-5,10-11H2,1-3H3,(H,17,20)(H,18,22). The van der Waals surface area contributed by atoms with Crippen molar-refractivity contribution in [3.05, 3.63) is 24.3 Å². The van der Waals surface area contributed by atoms with Gasteiger partial charge in [-0.3, -0.25) is 4.90 Å². The van der Waals surface area contributed by atoms with Crippen LogP contribution >= 0.6 is 12.2 Å². The summed E-state index contributed by atoms with van der Waals surface area (Å²) in [7, 11) is 0. The van der Waals surface area contributed by atoms with Gasteiger partial charge in [0.15, 0.2) is 5.11 Å². The average molecular weight is 321 g/mol. The molecule has 0 spiro atoms. The Balaban J connectivity index is 1.91. The molecule has 1 fully saturated rings. The first-order valence-corrected chi connectivity index (χ1v) is 7.95. The molecule has 120 valence electrons. The third-order valence-electron chi connectivity index (χ3n) is 3.36. The maximum absolute atomic E-state index is 12.3. The number of carbonyl (C=O) groups is 1. The molecule has 5 nitrogen and oxygen atoms in total. The molecule has 0 aliphatic carbocycles. The van der Waals surface area contributed by atoms with Crippen molar-refractivity contribution < 1.29 is 9.53 Å². The third-order valence-corrected chi connectivity index (χ3v) is 3.68. The van der Waals surface area contributed by atoms with Gasteiger partial charge in [-0.05, 0) is 56.8 Å². The summed E-state index contributed by atoms with van der Waals surface area (Å²) in [6.45, 7) is 7.41. The molecule has 2 rings (SSSR count). The van der Waals surface area contributed by atoms with Crippen LogP contribution < -0.4 is 15.4 Å². The van der Waals surface area contributed by atoms with Crippen LogP contribution in [0.1, 0.15) is 33.6 Å². The highest BCUT2D eigenvalue weighted by Gasteiger charge is 2.35. The van der Waals surface area contributed by atoms with Crippen molar-refractivity contribution >= 4 is 29.0 Å². The fourth-order valence-corrected chi connectivity index (χ4v) is 2.61. The monoisotopic (exact) mass is 321 g/mol. The Labute approximate surface area is 137 Å². The van der Waals surface area contributed by atoms with Crippen molar-refractivity contribution in [3.8, 4) is 5.75 Å². The van der Waals surface area contributed by atoms with Crippen molar-refractivity contribution in [2.24, 2.45) is 0 Å². The fourth-order valence-electron chi connectivity index (χ4n) is 2.19. The van der Waals surface area contributed by atoms with Crippen molar-refractivity contribution in [2.75, 3.05) is 18.5 Å². The predicted octanol–water partition coefficient (Wildman–Crippen LogP) is 3.37. The van der Waals surface area contributed by atoms with Crippen LogP contribution in [0.3, 0.4) is 0 Å². The first-order valence-electron chi connectivity index (χ1n) is 7.55. The van der Waals surface area contributed by atoms with Gasteiger partial charge in [0.2, 0.25) is 0 Å². The van der Waals surface area contributed by atoms with Crippen LogP contribution in [0.15, 0.2) is 24.3 Å². The van der Waals surface area contributed by atoms with Gasteiger partial charge < -0.3 is 15.4 Å². The van der Waals surface area contributed by atoms with E-state index < -0.39 is 0 Å². The van der Waals surface area contributed by atoms with E-state index in [0.717, 1.165) is 24.3 Å². The maximum Gasteiger partial charge on any atom is 0.328 e. The Morgan fingerprint density at radius 3 is 2.64 bits per heavy atom. The number of unbranched alkanes of at least 4 members (excludes halogenated alkanes) is 1. The molecular weight excluding hydrogens is 298 g/mol. The number of rotatable bonds is 5. The van der Waals surface area contributed by atoms with Gasteiger partial charge in [-0.15, -0.1) is 0 Å². The van der Waals surface area contributed by atoms with Gasteiger partial charge in [0, 0.05) is 5.69 Å². The molecule has 0 unspecified atom stereocenters. The van der Waals surface area contributed by atoms with E-state index in [1.807, 2.05) is 38.1 Å². The number of benzene rings is 1. The molecule has 2 amide bonds. The summed E-state index contributed by atoms with van der Waals surface area (Å²) in [4.78, 5) is 13.8. The van der Waals surface area contributed by atoms with E-state index in [9.17, 15) is 4.79 Å². The Morgan fingerprint density at radius 2 is 2.09 bits per heavy atom. The molecule has 0 saturated carbocycles.